The topological polar surface area (TPSA) is 58.3 Å². The molecule has 0 bridgehead atoms. The molecule has 7 nitrogen and oxygen atoms in total. The summed E-state index contributed by atoms with van der Waals surface area (Å²) in [4.78, 5) is 18.3. The Morgan fingerprint density at radius 3 is 2.30 bits per heavy atom. The van der Waals surface area contributed by atoms with Crippen LogP contribution in [0.25, 0.3) is 11.5 Å². The van der Waals surface area contributed by atoms with Gasteiger partial charge >= 0.3 is 0 Å². The van der Waals surface area contributed by atoms with Crippen molar-refractivity contribution in [3.63, 3.8) is 0 Å². The number of aromatic nitrogens is 3. The van der Waals surface area contributed by atoms with Crippen LogP contribution in [0, 0.1) is 12.7 Å². The Balaban J connectivity index is 1.17. The SMILES string of the molecule is Cc1nn(-c2ccc(F)cc2)c(-n2cccc2)c1C(=O)NCCCN1CCN(Cc2ccccc2)CC1. The van der Waals surface area contributed by atoms with E-state index >= 15 is 0 Å². The molecule has 2 aromatic carbocycles. The van der Waals surface area contributed by atoms with Crippen molar-refractivity contribution < 1.29 is 9.18 Å². The summed E-state index contributed by atoms with van der Waals surface area (Å²) in [5.41, 5.74) is 3.20. The Hall–Kier alpha value is -3.75. The first-order valence-corrected chi connectivity index (χ1v) is 12.8. The molecule has 2 aromatic heterocycles. The third-order valence-corrected chi connectivity index (χ3v) is 6.83. The molecular weight excluding hydrogens is 467 g/mol. The lowest BCUT2D eigenvalue weighted by Crippen LogP contribution is -2.46. The maximum Gasteiger partial charge on any atom is 0.256 e. The van der Waals surface area contributed by atoms with Gasteiger partial charge in [0.2, 0.25) is 0 Å². The highest BCUT2D eigenvalue weighted by molar-refractivity contribution is 5.98. The van der Waals surface area contributed by atoms with Crippen LogP contribution in [-0.2, 0) is 6.54 Å². The Kier molecular flexibility index (Phi) is 7.77. The van der Waals surface area contributed by atoms with Gasteiger partial charge in [-0.25, -0.2) is 9.07 Å². The molecule has 1 aliphatic heterocycles. The molecule has 0 aliphatic carbocycles. The monoisotopic (exact) mass is 500 g/mol. The highest BCUT2D eigenvalue weighted by Crippen LogP contribution is 2.23. The van der Waals surface area contributed by atoms with E-state index < -0.39 is 0 Å². The number of rotatable bonds is 9. The molecule has 0 spiro atoms. The van der Waals surface area contributed by atoms with Crippen molar-refractivity contribution in [1.82, 2.24) is 29.5 Å². The normalized spacial score (nSPS) is 14.6. The summed E-state index contributed by atoms with van der Waals surface area (Å²) in [5.74, 6) is 0.175. The summed E-state index contributed by atoms with van der Waals surface area (Å²) in [5, 5.41) is 7.72. The Labute approximate surface area is 217 Å². The van der Waals surface area contributed by atoms with Crippen LogP contribution in [0.15, 0.2) is 79.1 Å². The lowest BCUT2D eigenvalue weighted by Gasteiger charge is -2.34. The fourth-order valence-electron chi connectivity index (χ4n) is 4.86. The van der Waals surface area contributed by atoms with E-state index in [9.17, 15) is 9.18 Å². The number of hydrogen-bond acceptors (Lipinski definition) is 4. The molecule has 5 rings (SSSR count). The first kappa shape index (κ1) is 24.9. The van der Waals surface area contributed by atoms with Gasteiger partial charge < -0.3 is 14.8 Å². The van der Waals surface area contributed by atoms with E-state index in [1.54, 1.807) is 16.8 Å². The molecule has 4 aromatic rings. The average molecular weight is 501 g/mol. The molecule has 0 saturated carbocycles. The van der Waals surface area contributed by atoms with Crippen LogP contribution >= 0.6 is 0 Å². The zero-order valence-corrected chi connectivity index (χ0v) is 21.2. The molecule has 1 saturated heterocycles. The maximum atomic E-state index is 13.5. The van der Waals surface area contributed by atoms with Crippen molar-refractivity contribution in [3.05, 3.63) is 102 Å². The van der Waals surface area contributed by atoms with Crippen LogP contribution < -0.4 is 5.32 Å². The van der Waals surface area contributed by atoms with Gasteiger partial charge in [-0.05, 0) is 61.9 Å². The molecule has 8 heteroatoms. The van der Waals surface area contributed by atoms with Crippen molar-refractivity contribution in [3.8, 4) is 11.5 Å². The van der Waals surface area contributed by atoms with Gasteiger partial charge in [-0.2, -0.15) is 5.10 Å². The number of benzene rings is 2. The van der Waals surface area contributed by atoms with Crippen LogP contribution in [0.4, 0.5) is 4.39 Å². The fourth-order valence-corrected chi connectivity index (χ4v) is 4.86. The molecule has 0 atom stereocenters. The largest absolute Gasteiger partial charge is 0.352 e. The predicted molar refractivity (Wildman–Crippen MR) is 143 cm³/mol. The minimum absolute atomic E-state index is 0.151. The van der Waals surface area contributed by atoms with E-state index in [0.29, 0.717) is 29.3 Å². The van der Waals surface area contributed by atoms with Gasteiger partial charge in [0.15, 0.2) is 5.82 Å². The third-order valence-electron chi connectivity index (χ3n) is 6.83. The zero-order chi connectivity index (χ0) is 25.6. The molecular formula is C29H33FN6O. The molecule has 37 heavy (non-hydrogen) atoms. The lowest BCUT2D eigenvalue weighted by molar-refractivity contribution is 0.0946. The van der Waals surface area contributed by atoms with Crippen molar-refractivity contribution in [1.29, 1.82) is 0 Å². The number of nitrogens with zero attached hydrogens (tertiary/aromatic N) is 5. The molecule has 3 heterocycles. The fraction of sp³-hybridized carbons (Fsp3) is 0.310. The second-order valence-electron chi connectivity index (χ2n) is 9.48. The molecule has 0 unspecified atom stereocenters. The molecule has 1 fully saturated rings. The van der Waals surface area contributed by atoms with E-state index in [0.717, 1.165) is 45.7 Å². The van der Waals surface area contributed by atoms with Crippen molar-refractivity contribution in [2.45, 2.75) is 19.9 Å². The summed E-state index contributed by atoms with van der Waals surface area (Å²) in [6, 6.07) is 20.5. The maximum absolute atomic E-state index is 13.5. The number of carbonyl (C=O) groups excluding carboxylic acids is 1. The van der Waals surface area contributed by atoms with E-state index in [1.807, 2.05) is 36.0 Å². The quantitative estimate of drug-likeness (QED) is 0.353. The number of piperazine rings is 1. The first-order valence-electron chi connectivity index (χ1n) is 12.8. The predicted octanol–water partition coefficient (Wildman–Crippen LogP) is 4.05. The number of hydrogen-bond donors (Lipinski definition) is 1. The average Bonchev–Trinajstić information content (AvgIpc) is 3.56. The minimum atomic E-state index is -0.314. The summed E-state index contributed by atoms with van der Waals surface area (Å²) < 4.78 is 17.1. The number of halogens is 1. The van der Waals surface area contributed by atoms with E-state index in [4.69, 9.17) is 0 Å². The van der Waals surface area contributed by atoms with Crippen molar-refractivity contribution in [2.75, 3.05) is 39.3 Å². The second kappa shape index (κ2) is 11.5. The van der Waals surface area contributed by atoms with Gasteiger partial charge in [0.25, 0.3) is 5.91 Å². The van der Waals surface area contributed by atoms with E-state index in [2.05, 4.69) is 50.5 Å². The Bertz CT molecular complexity index is 1290. The summed E-state index contributed by atoms with van der Waals surface area (Å²) >= 11 is 0. The molecule has 1 aliphatic rings. The smallest absolute Gasteiger partial charge is 0.256 e. The third kappa shape index (κ3) is 5.98. The van der Waals surface area contributed by atoms with Crippen molar-refractivity contribution >= 4 is 5.91 Å². The van der Waals surface area contributed by atoms with Crippen LogP contribution in [0.1, 0.15) is 28.0 Å². The zero-order valence-electron chi connectivity index (χ0n) is 21.2. The number of aryl methyl sites for hydroxylation is 1. The molecule has 0 radical (unpaired) electrons. The van der Waals surface area contributed by atoms with Crippen LogP contribution in [0.3, 0.4) is 0 Å². The number of amides is 1. The summed E-state index contributed by atoms with van der Waals surface area (Å²) in [6.45, 7) is 8.58. The van der Waals surface area contributed by atoms with Gasteiger partial charge in [0, 0.05) is 51.7 Å². The second-order valence-corrected chi connectivity index (χ2v) is 9.48. The summed E-state index contributed by atoms with van der Waals surface area (Å²) in [7, 11) is 0. The minimum Gasteiger partial charge on any atom is -0.352 e. The number of carbonyl (C=O) groups is 1. The summed E-state index contributed by atoms with van der Waals surface area (Å²) in [6.07, 6.45) is 4.64. The lowest BCUT2D eigenvalue weighted by atomic mass is 10.2. The molecule has 1 amide bonds. The Morgan fingerprint density at radius 2 is 1.59 bits per heavy atom. The van der Waals surface area contributed by atoms with Gasteiger partial charge in [-0.15, -0.1) is 0 Å². The van der Waals surface area contributed by atoms with Gasteiger partial charge in [0.1, 0.15) is 11.4 Å². The number of nitrogens with one attached hydrogen (secondary N) is 1. The molecule has 192 valence electrons. The highest BCUT2D eigenvalue weighted by atomic mass is 19.1. The van der Waals surface area contributed by atoms with Crippen LogP contribution in [0.2, 0.25) is 0 Å². The van der Waals surface area contributed by atoms with E-state index in [1.165, 1.54) is 17.7 Å². The molecule has 1 N–H and O–H groups in total. The van der Waals surface area contributed by atoms with Gasteiger partial charge in [0.05, 0.1) is 11.4 Å². The van der Waals surface area contributed by atoms with E-state index in [-0.39, 0.29) is 11.7 Å². The van der Waals surface area contributed by atoms with Crippen LogP contribution in [-0.4, -0.2) is 69.3 Å². The first-order chi connectivity index (χ1) is 18.1. The highest BCUT2D eigenvalue weighted by Gasteiger charge is 2.24. The van der Waals surface area contributed by atoms with Crippen molar-refractivity contribution in [2.24, 2.45) is 0 Å². The standard InChI is InChI=1S/C29H33FN6O/c1-23-27(29(35-16-5-6-17-35)36(32-23)26-12-10-25(30)11-13-26)28(37)31-14-7-15-33-18-20-34(21-19-33)22-24-8-3-2-4-9-24/h2-6,8-13,16-17H,7,14-15,18-22H2,1H3,(H,31,37). The van der Waals surface area contributed by atoms with Gasteiger partial charge in [-0.3, -0.25) is 9.69 Å². The van der Waals surface area contributed by atoms with Gasteiger partial charge in [-0.1, -0.05) is 30.3 Å². The van der Waals surface area contributed by atoms with Crippen LogP contribution in [0.5, 0.6) is 0 Å². The Morgan fingerprint density at radius 1 is 0.919 bits per heavy atom.